The van der Waals surface area contributed by atoms with Crippen molar-refractivity contribution in [2.24, 2.45) is 4.99 Å². The van der Waals surface area contributed by atoms with E-state index in [-0.39, 0.29) is 5.95 Å². The molecule has 7 nitrogen and oxygen atoms in total. The Bertz CT molecular complexity index is 680. The number of nitrogens with zero attached hydrogens (tertiary/aromatic N) is 5. The summed E-state index contributed by atoms with van der Waals surface area (Å²) in [6.07, 6.45) is 1.73. The van der Waals surface area contributed by atoms with Gasteiger partial charge in [-0.2, -0.15) is 4.98 Å². The van der Waals surface area contributed by atoms with E-state index >= 15 is 0 Å². The second-order valence-corrected chi connectivity index (χ2v) is 4.33. The topological polar surface area (TPSA) is 92.3 Å². The lowest BCUT2D eigenvalue weighted by Gasteiger charge is -2.11. The van der Waals surface area contributed by atoms with Gasteiger partial charge < -0.3 is 11.1 Å². The Morgan fingerprint density at radius 2 is 2.21 bits per heavy atom. The van der Waals surface area contributed by atoms with E-state index in [1.165, 1.54) is 0 Å². The molecule has 0 atom stereocenters. The fourth-order valence-corrected chi connectivity index (χ4v) is 2.34. The molecule has 19 heavy (non-hydrogen) atoms. The molecule has 2 aromatic heterocycles. The van der Waals surface area contributed by atoms with Crippen LogP contribution in [0.5, 0.6) is 0 Å². The molecule has 2 aliphatic heterocycles. The quantitative estimate of drug-likeness (QED) is 0.778. The van der Waals surface area contributed by atoms with Gasteiger partial charge in [-0.25, -0.2) is 4.98 Å². The molecule has 94 valence electrons. The summed E-state index contributed by atoms with van der Waals surface area (Å²) in [5.74, 6) is 1.84. The first-order chi connectivity index (χ1) is 9.33. The Labute approximate surface area is 109 Å². The predicted molar refractivity (Wildman–Crippen MR) is 72.9 cm³/mol. The van der Waals surface area contributed by atoms with Crippen molar-refractivity contribution in [2.45, 2.75) is 0 Å². The molecular formula is C12H11N7. The maximum absolute atomic E-state index is 5.81. The minimum atomic E-state index is 0.245. The molecule has 0 aromatic carbocycles. The predicted octanol–water partition coefficient (Wildman–Crippen LogP) is 0.722. The van der Waals surface area contributed by atoms with E-state index < -0.39 is 0 Å². The lowest BCUT2D eigenvalue weighted by Crippen LogP contribution is -2.26. The number of hydrogen-bond donors (Lipinski definition) is 2. The van der Waals surface area contributed by atoms with Gasteiger partial charge in [0.15, 0.2) is 5.82 Å². The van der Waals surface area contributed by atoms with E-state index in [1.54, 1.807) is 6.20 Å². The molecule has 3 N–H and O–H groups in total. The first-order valence-corrected chi connectivity index (χ1v) is 6.01. The second kappa shape index (κ2) is 3.64. The first-order valence-electron chi connectivity index (χ1n) is 6.01. The summed E-state index contributed by atoms with van der Waals surface area (Å²) >= 11 is 0. The number of hydrogen-bond acceptors (Lipinski definition) is 7. The fraction of sp³-hybridized carbons (Fsp3) is 0.167. The molecule has 0 spiro atoms. The maximum atomic E-state index is 5.81. The van der Waals surface area contributed by atoms with Crippen LogP contribution in [0.4, 0.5) is 17.5 Å². The Morgan fingerprint density at radius 1 is 1.26 bits per heavy atom. The van der Waals surface area contributed by atoms with Crippen molar-refractivity contribution in [3.05, 3.63) is 24.4 Å². The molecule has 0 fully saturated rings. The number of rotatable bonds is 1. The summed E-state index contributed by atoms with van der Waals surface area (Å²) in [7, 11) is 0. The summed E-state index contributed by atoms with van der Waals surface area (Å²) in [6, 6.07) is 5.68. The van der Waals surface area contributed by atoms with Crippen LogP contribution in [0.15, 0.2) is 29.4 Å². The Kier molecular flexibility index (Phi) is 1.96. The molecule has 4 rings (SSSR count). The van der Waals surface area contributed by atoms with Crippen molar-refractivity contribution in [3.63, 3.8) is 0 Å². The number of pyridine rings is 1. The highest BCUT2D eigenvalue weighted by atomic mass is 15.4. The monoisotopic (exact) mass is 253 g/mol. The largest absolute Gasteiger partial charge is 0.368 e. The van der Waals surface area contributed by atoms with Crippen LogP contribution < -0.4 is 16.0 Å². The average Bonchev–Trinajstić information content (AvgIpc) is 3.00. The maximum Gasteiger partial charge on any atom is 0.222 e. The van der Waals surface area contributed by atoms with E-state index in [4.69, 9.17) is 5.73 Å². The van der Waals surface area contributed by atoms with E-state index in [1.807, 2.05) is 23.1 Å². The van der Waals surface area contributed by atoms with E-state index in [0.717, 1.165) is 36.2 Å². The highest BCUT2D eigenvalue weighted by Gasteiger charge is 2.33. The van der Waals surface area contributed by atoms with Gasteiger partial charge in [0.2, 0.25) is 11.9 Å². The Hall–Kier alpha value is -2.70. The van der Waals surface area contributed by atoms with Crippen LogP contribution in [-0.4, -0.2) is 34.0 Å². The van der Waals surface area contributed by atoms with E-state index in [0.29, 0.717) is 5.69 Å². The van der Waals surface area contributed by atoms with Crippen LogP contribution in [0.1, 0.15) is 0 Å². The molecule has 0 unspecified atom stereocenters. The van der Waals surface area contributed by atoms with Gasteiger partial charge in [0.05, 0.1) is 12.2 Å². The molecular weight excluding hydrogens is 242 g/mol. The van der Waals surface area contributed by atoms with Crippen LogP contribution >= 0.6 is 0 Å². The standard InChI is InChI=1S/C12H11N7/c13-11-16-8(7-3-1-2-4-14-7)9-10(18-11)19-6-5-15-12(19)17-9/h1-4H,5-6H2,(H,15,17)(H2,13,16,18). The van der Waals surface area contributed by atoms with Gasteiger partial charge in [0.25, 0.3) is 0 Å². The Morgan fingerprint density at radius 3 is 3.05 bits per heavy atom. The number of aromatic nitrogens is 3. The molecule has 0 bridgehead atoms. The van der Waals surface area contributed by atoms with Crippen molar-refractivity contribution in [3.8, 4) is 11.4 Å². The molecule has 7 heteroatoms. The van der Waals surface area contributed by atoms with Crippen molar-refractivity contribution in [1.82, 2.24) is 15.0 Å². The molecule has 0 saturated heterocycles. The van der Waals surface area contributed by atoms with Gasteiger partial charge in [0.1, 0.15) is 11.4 Å². The third-order valence-electron chi connectivity index (χ3n) is 3.15. The third kappa shape index (κ3) is 1.44. The van der Waals surface area contributed by atoms with Gasteiger partial charge in [-0.05, 0) is 12.1 Å². The third-order valence-corrected chi connectivity index (χ3v) is 3.15. The van der Waals surface area contributed by atoms with Crippen LogP contribution in [0, 0.1) is 0 Å². The van der Waals surface area contributed by atoms with Crippen LogP contribution in [0.25, 0.3) is 11.4 Å². The highest BCUT2D eigenvalue weighted by Crippen LogP contribution is 2.38. The number of nitrogens with two attached hydrogens (primary N) is 1. The summed E-state index contributed by atoms with van der Waals surface area (Å²) in [5, 5.41) is 3.25. The van der Waals surface area contributed by atoms with Crippen LogP contribution in [0.3, 0.4) is 0 Å². The zero-order valence-electron chi connectivity index (χ0n) is 10.0. The number of fused-ring (bicyclic) bond motifs is 3. The Balaban J connectivity index is 1.93. The lowest BCUT2D eigenvalue weighted by atomic mass is 10.2. The zero-order valence-corrected chi connectivity index (χ0v) is 10.0. The molecule has 0 saturated carbocycles. The summed E-state index contributed by atoms with van der Waals surface area (Å²) in [5.41, 5.74) is 8.11. The molecule has 2 aromatic rings. The van der Waals surface area contributed by atoms with E-state index in [9.17, 15) is 0 Å². The number of aliphatic imine (C=N–C) groups is 1. The fourth-order valence-electron chi connectivity index (χ4n) is 2.34. The SMILES string of the molecule is Nc1nc(-c2ccccn2)c2c(n1)N1CCN=C1N2. The number of nitrogens with one attached hydrogen (secondary N) is 1. The molecule has 0 amide bonds. The van der Waals surface area contributed by atoms with Crippen molar-refractivity contribution >= 4 is 23.4 Å². The van der Waals surface area contributed by atoms with Gasteiger partial charge in [-0.1, -0.05) is 6.07 Å². The lowest BCUT2D eigenvalue weighted by molar-refractivity contribution is 1.00. The zero-order chi connectivity index (χ0) is 12.8. The summed E-state index contributed by atoms with van der Waals surface area (Å²) < 4.78 is 0. The number of guanidine groups is 1. The van der Waals surface area contributed by atoms with Crippen LogP contribution in [0.2, 0.25) is 0 Å². The number of nitrogen functional groups attached to an aromatic ring is 1. The smallest absolute Gasteiger partial charge is 0.222 e. The normalized spacial score (nSPS) is 15.8. The van der Waals surface area contributed by atoms with Crippen molar-refractivity contribution in [1.29, 1.82) is 0 Å². The van der Waals surface area contributed by atoms with Gasteiger partial charge in [0, 0.05) is 12.7 Å². The second-order valence-electron chi connectivity index (χ2n) is 4.33. The minimum Gasteiger partial charge on any atom is -0.368 e. The van der Waals surface area contributed by atoms with Gasteiger partial charge >= 0.3 is 0 Å². The van der Waals surface area contributed by atoms with Gasteiger partial charge in [-0.15, -0.1) is 0 Å². The molecule has 0 aliphatic carbocycles. The van der Waals surface area contributed by atoms with Crippen LogP contribution in [-0.2, 0) is 0 Å². The minimum absolute atomic E-state index is 0.245. The molecule has 2 aliphatic rings. The van der Waals surface area contributed by atoms with Gasteiger partial charge in [-0.3, -0.25) is 14.9 Å². The molecule has 0 radical (unpaired) electrons. The van der Waals surface area contributed by atoms with Crippen molar-refractivity contribution in [2.75, 3.05) is 29.0 Å². The highest BCUT2D eigenvalue weighted by molar-refractivity contribution is 6.16. The number of anilines is 3. The molecule has 4 heterocycles. The van der Waals surface area contributed by atoms with E-state index in [2.05, 4.69) is 25.3 Å². The average molecular weight is 253 g/mol. The van der Waals surface area contributed by atoms with Crippen molar-refractivity contribution < 1.29 is 0 Å². The first kappa shape index (κ1) is 10.2. The summed E-state index contributed by atoms with van der Waals surface area (Å²) in [6.45, 7) is 1.58. The summed E-state index contributed by atoms with van der Waals surface area (Å²) in [4.78, 5) is 19.3.